The maximum absolute atomic E-state index is 12.0. The van der Waals surface area contributed by atoms with Gasteiger partial charge in [0.25, 0.3) is 0 Å². The van der Waals surface area contributed by atoms with E-state index in [1.54, 1.807) is 6.92 Å². The van der Waals surface area contributed by atoms with Gasteiger partial charge in [0.15, 0.2) is 0 Å². The molecule has 4 N–H and O–H groups in total. The maximum atomic E-state index is 12.0. The topological polar surface area (TPSA) is 127 Å². The molecule has 0 amide bonds. The number of aromatic amines is 1. The zero-order chi connectivity index (χ0) is 13.2. The van der Waals surface area contributed by atoms with Crippen LogP contribution >= 0.6 is 0 Å². The highest BCUT2D eigenvalue weighted by Gasteiger charge is 2.20. The van der Waals surface area contributed by atoms with Crippen LogP contribution in [-0.2, 0) is 10.0 Å². The number of hydrogen-bond donors (Lipinski definition) is 3. The molecule has 0 aromatic carbocycles. The van der Waals surface area contributed by atoms with Gasteiger partial charge in [-0.2, -0.15) is 5.10 Å². The first kappa shape index (κ1) is 12.5. The normalized spacial score (nSPS) is 13.4. The van der Waals surface area contributed by atoms with Crippen LogP contribution in [0.25, 0.3) is 0 Å². The molecule has 9 heteroatoms. The summed E-state index contributed by atoms with van der Waals surface area (Å²) in [6.07, 6.45) is 2.65. The summed E-state index contributed by atoms with van der Waals surface area (Å²) in [4.78, 5) is 7.68. The van der Waals surface area contributed by atoms with Crippen molar-refractivity contribution in [2.45, 2.75) is 17.9 Å². The van der Waals surface area contributed by atoms with Gasteiger partial charge in [0.05, 0.1) is 10.9 Å². The molecule has 0 spiro atoms. The Hall–Kier alpha value is -2.00. The zero-order valence-electron chi connectivity index (χ0n) is 9.53. The van der Waals surface area contributed by atoms with Crippen molar-refractivity contribution < 1.29 is 8.42 Å². The molecule has 96 valence electrons. The Kier molecular flexibility index (Phi) is 3.26. The van der Waals surface area contributed by atoms with E-state index < -0.39 is 16.1 Å². The minimum atomic E-state index is -3.67. The third-order valence-corrected chi connectivity index (χ3v) is 3.78. The average molecular weight is 268 g/mol. The molecule has 8 nitrogen and oxygen atoms in total. The van der Waals surface area contributed by atoms with Crippen molar-refractivity contribution in [1.29, 1.82) is 0 Å². The lowest BCUT2D eigenvalue weighted by Gasteiger charge is -2.11. The van der Waals surface area contributed by atoms with Crippen molar-refractivity contribution in [3.63, 3.8) is 0 Å². The molecule has 0 saturated heterocycles. The lowest BCUT2D eigenvalue weighted by Crippen LogP contribution is -2.27. The van der Waals surface area contributed by atoms with E-state index in [0.29, 0.717) is 5.82 Å². The zero-order valence-corrected chi connectivity index (χ0v) is 10.3. The molecule has 0 aliphatic carbocycles. The summed E-state index contributed by atoms with van der Waals surface area (Å²) in [6, 6.07) is 2.13. The number of nitrogens with two attached hydrogens (primary N) is 1. The molecule has 2 heterocycles. The molecular formula is C9H12N6O2S. The van der Waals surface area contributed by atoms with Crippen molar-refractivity contribution in [2.24, 2.45) is 0 Å². The smallest absolute Gasteiger partial charge is 0.241 e. The van der Waals surface area contributed by atoms with Crippen LogP contribution < -0.4 is 10.5 Å². The maximum Gasteiger partial charge on any atom is 0.241 e. The Morgan fingerprint density at radius 2 is 2.22 bits per heavy atom. The number of sulfonamides is 1. The Balaban J connectivity index is 2.22. The summed E-state index contributed by atoms with van der Waals surface area (Å²) >= 11 is 0. The largest absolute Gasteiger partial charge is 0.384 e. The number of aromatic nitrogens is 4. The number of pyridine rings is 1. The van der Waals surface area contributed by atoms with Crippen molar-refractivity contribution in [1.82, 2.24) is 24.9 Å². The Bertz CT molecular complexity index is 624. The van der Waals surface area contributed by atoms with Crippen LogP contribution in [0.15, 0.2) is 29.6 Å². The van der Waals surface area contributed by atoms with Gasteiger partial charge in [-0.3, -0.25) is 5.10 Å². The molecule has 2 rings (SSSR count). The summed E-state index contributed by atoms with van der Waals surface area (Å²) in [5.74, 6) is 0.575. The average Bonchev–Trinajstić information content (AvgIpc) is 2.82. The highest BCUT2D eigenvalue weighted by Crippen LogP contribution is 2.14. The van der Waals surface area contributed by atoms with E-state index in [2.05, 4.69) is 24.9 Å². The van der Waals surface area contributed by atoms with Crippen LogP contribution in [0.4, 0.5) is 5.82 Å². The van der Waals surface area contributed by atoms with Crippen LogP contribution in [-0.4, -0.2) is 28.6 Å². The lowest BCUT2D eigenvalue weighted by atomic mass is 10.3. The molecule has 1 atom stereocenters. The van der Waals surface area contributed by atoms with Gasteiger partial charge in [-0.25, -0.2) is 23.1 Å². The molecule has 1 unspecified atom stereocenters. The van der Waals surface area contributed by atoms with Gasteiger partial charge in [0.2, 0.25) is 10.0 Å². The van der Waals surface area contributed by atoms with Crippen molar-refractivity contribution in [3.05, 3.63) is 30.5 Å². The fourth-order valence-corrected chi connectivity index (χ4v) is 2.60. The van der Waals surface area contributed by atoms with Crippen LogP contribution in [0.5, 0.6) is 0 Å². The number of nitrogens with zero attached hydrogens (tertiary/aromatic N) is 3. The molecule has 0 aliphatic rings. The number of hydrogen-bond acceptors (Lipinski definition) is 6. The highest BCUT2D eigenvalue weighted by atomic mass is 32.2. The van der Waals surface area contributed by atoms with Crippen molar-refractivity contribution in [2.75, 3.05) is 5.73 Å². The first-order valence-electron chi connectivity index (χ1n) is 5.08. The Morgan fingerprint density at radius 1 is 1.44 bits per heavy atom. The molecule has 2 aromatic heterocycles. The van der Waals surface area contributed by atoms with Crippen LogP contribution in [0.1, 0.15) is 18.8 Å². The second-order valence-electron chi connectivity index (χ2n) is 3.63. The summed E-state index contributed by atoms with van der Waals surface area (Å²) < 4.78 is 26.5. The quantitative estimate of drug-likeness (QED) is 0.706. The molecule has 2 aromatic rings. The van der Waals surface area contributed by atoms with E-state index in [-0.39, 0.29) is 10.7 Å². The van der Waals surface area contributed by atoms with E-state index in [1.165, 1.54) is 24.7 Å². The Morgan fingerprint density at radius 3 is 2.83 bits per heavy atom. The first-order valence-corrected chi connectivity index (χ1v) is 6.56. The Labute approximate surface area is 104 Å². The van der Waals surface area contributed by atoms with Crippen molar-refractivity contribution in [3.8, 4) is 0 Å². The van der Waals surface area contributed by atoms with E-state index in [9.17, 15) is 8.42 Å². The second-order valence-corrected chi connectivity index (χ2v) is 5.34. The highest BCUT2D eigenvalue weighted by molar-refractivity contribution is 7.89. The molecule has 0 radical (unpaired) electrons. The number of nitrogens with one attached hydrogen (secondary N) is 2. The number of H-pyrrole nitrogens is 1. The van der Waals surface area contributed by atoms with Crippen LogP contribution in [0, 0.1) is 0 Å². The molecule has 0 saturated carbocycles. The predicted octanol–water partition coefficient (Wildman–Crippen LogP) is -0.179. The van der Waals surface area contributed by atoms with E-state index >= 15 is 0 Å². The lowest BCUT2D eigenvalue weighted by molar-refractivity contribution is 0.560. The van der Waals surface area contributed by atoms with E-state index in [4.69, 9.17) is 5.73 Å². The second kappa shape index (κ2) is 4.70. The minimum Gasteiger partial charge on any atom is -0.384 e. The number of nitrogen functional groups attached to an aromatic ring is 1. The van der Waals surface area contributed by atoms with Gasteiger partial charge in [-0.1, -0.05) is 0 Å². The summed E-state index contributed by atoms with van der Waals surface area (Å²) in [5.41, 5.74) is 5.45. The number of rotatable bonds is 4. The third kappa shape index (κ3) is 2.63. The first-order chi connectivity index (χ1) is 8.49. The van der Waals surface area contributed by atoms with Crippen LogP contribution in [0.2, 0.25) is 0 Å². The summed E-state index contributed by atoms with van der Waals surface area (Å²) in [6.45, 7) is 1.66. The number of anilines is 1. The van der Waals surface area contributed by atoms with Gasteiger partial charge in [0.1, 0.15) is 18.0 Å². The standard InChI is InChI=1S/C9H12N6O2S/c1-6(9-12-5-13-14-9)15-18(16,17)7-2-3-11-8(10)4-7/h2-6,15H,1H3,(H2,10,11)(H,12,13,14). The SMILES string of the molecule is CC(NS(=O)(=O)c1ccnc(N)c1)c1ncn[nH]1. The summed E-state index contributed by atoms with van der Waals surface area (Å²) in [5, 5.41) is 6.26. The molecule has 0 fully saturated rings. The summed E-state index contributed by atoms with van der Waals surface area (Å²) in [7, 11) is -3.67. The van der Waals surface area contributed by atoms with Gasteiger partial charge in [-0.05, 0) is 13.0 Å². The van der Waals surface area contributed by atoms with Crippen LogP contribution in [0.3, 0.4) is 0 Å². The van der Waals surface area contributed by atoms with Crippen molar-refractivity contribution >= 4 is 15.8 Å². The molecular weight excluding hydrogens is 256 g/mol. The van der Waals surface area contributed by atoms with Gasteiger partial charge < -0.3 is 5.73 Å². The van der Waals surface area contributed by atoms with Gasteiger partial charge in [0, 0.05) is 12.3 Å². The van der Waals surface area contributed by atoms with Gasteiger partial charge >= 0.3 is 0 Å². The van der Waals surface area contributed by atoms with E-state index in [0.717, 1.165) is 0 Å². The molecule has 18 heavy (non-hydrogen) atoms. The van der Waals surface area contributed by atoms with E-state index in [1.807, 2.05) is 0 Å². The fraction of sp³-hybridized carbons (Fsp3) is 0.222. The fourth-order valence-electron chi connectivity index (χ4n) is 1.38. The third-order valence-electron chi connectivity index (χ3n) is 2.24. The molecule has 0 aliphatic heterocycles. The van der Waals surface area contributed by atoms with Gasteiger partial charge in [-0.15, -0.1) is 0 Å². The molecule has 0 bridgehead atoms. The minimum absolute atomic E-state index is 0.0568. The predicted molar refractivity (Wildman–Crippen MR) is 63.8 cm³/mol. The monoisotopic (exact) mass is 268 g/mol.